The summed E-state index contributed by atoms with van der Waals surface area (Å²) in [5.41, 5.74) is 0.603. The lowest BCUT2D eigenvalue weighted by atomic mass is 10.1. The van der Waals surface area contributed by atoms with Gasteiger partial charge in [-0.2, -0.15) is 0 Å². The topological polar surface area (TPSA) is 113 Å². The Balaban J connectivity index is 2.73. The fraction of sp³-hybridized carbons (Fsp3) is 0.222. The molecule has 0 fully saturated rings. The molecule has 1 rings (SSSR count). The Labute approximate surface area is 95.7 Å². The van der Waals surface area contributed by atoms with Crippen LogP contribution in [0.25, 0.3) is 0 Å². The fourth-order valence-electron chi connectivity index (χ4n) is 1.23. The number of hydrogen-bond donors (Lipinski definition) is 2. The Kier molecular flexibility index (Phi) is 4.52. The maximum absolute atomic E-state index is 11.2. The van der Waals surface area contributed by atoms with E-state index in [0.717, 1.165) is 0 Å². The second-order valence-electron chi connectivity index (χ2n) is 3.16. The number of hydrogen-bond acceptors (Lipinski definition) is 7. The minimum Gasteiger partial charge on any atom is -0.289 e. The van der Waals surface area contributed by atoms with Crippen LogP contribution in [0.1, 0.15) is 5.56 Å². The lowest BCUT2D eigenvalue weighted by Crippen LogP contribution is -2.40. The van der Waals surface area contributed by atoms with Crippen LogP contribution in [0.4, 0.5) is 0 Å². The van der Waals surface area contributed by atoms with E-state index in [4.69, 9.17) is 10.4 Å². The van der Waals surface area contributed by atoms with Crippen LogP contribution >= 0.6 is 0 Å². The number of hydroxylamine groups is 2. The van der Waals surface area contributed by atoms with Gasteiger partial charge in [0.05, 0.1) is 0 Å². The first kappa shape index (κ1) is 13.0. The summed E-state index contributed by atoms with van der Waals surface area (Å²) in [7, 11) is 0. The van der Waals surface area contributed by atoms with Crippen LogP contribution in [-0.4, -0.2) is 32.7 Å². The first-order chi connectivity index (χ1) is 8.00. The van der Waals surface area contributed by atoms with E-state index in [0.29, 0.717) is 5.56 Å². The highest BCUT2D eigenvalue weighted by atomic mass is 17.0. The molecule has 0 aromatic heterocycles. The van der Waals surface area contributed by atoms with Gasteiger partial charge in [-0.15, -0.1) is 10.1 Å². The molecule has 0 heterocycles. The number of carbonyl (C=O) groups excluding carboxylic acids is 1. The molecule has 1 atom stereocenters. The molecule has 0 saturated heterocycles. The van der Waals surface area contributed by atoms with Crippen LogP contribution in [0, 0.1) is 10.1 Å². The van der Waals surface area contributed by atoms with Crippen LogP contribution in [0.3, 0.4) is 0 Å². The third-order valence-electron chi connectivity index (χ3n) is 1.99. The molecular weight excluding hydrogens is 232 g/mol. The molecule has 0 saturated carbocycles. The largest absolute Gasteiger partial charge is 0.326 e. The van der Waals surface area contributed by atoms with Gasteiger partial charge in [-0.25, -0.2) is 4.84 Å². The van der Waals surface area contributed by atoms with Crippen molar-refractivity contribution in [3.05, 3.63) is 46.0 Å². The van der Waals surface area contributed by atoms with Crippen molar-refractivity contribution in [3.63, 3.8) is 0 Å². The van der Waals surface area contributed by atoms with Gasteiger partial charge in [0.2, 0.25) is 0 Å². The maximum Gasteiger partial charge on any atom is 0.326 e. The molecule has 0 amide bonds. The molecule has 0 aliphatic rings. The van der Waals surface area contributed by atoms with Gasteiger partial charge >= 0.3 is 11.1 Å². The van der Waals surface area contributed by atoms with Gasteiger partial charge in [-0.1, -0.05) is 35.6 Å². The van der Waals surface area contributed by atoms with E-state index >= 15 is 0 Å². The van der Waals surface area contributed by atoms with Crippen molar-refractivity contribution >= 4 is 5.97 Å². The highest BCUT2D eigenvalue weighted by Crippen LogP contribution is 2.08. The lowest BCUT2D eigenvalue weighted by molar-refractivity contribution is -0.730. The molecule has 2 N–H and O–H groups in total. The molecule has 0 aliphatic heterocycles. The van der Waals surface area contributed by atoms with Crippen LogP contribution in [0.15, 0.2) is 30.3 Å². The Hall–Kier alpha value is -2.03. The summed E-state index contributed by atoms with van der Waals surface area (Å²) in [6.45, 7) is 0. The first-order valence-corrected chi connectivity index (χ1v) is 4.58. The van der Waals surface area contributed by atoms with Crippen LogP contribution in [0.2, 0.25) is 0 Å². The van der Waals surface area contributed by atoms with Crippen molar-refractivity contribution in [2.24, 2.45) is 0 Å². The highest BCUT2D eigenvalue weighted by Gasteiger charge is 2.27. The number of nitrogens with zero attached hydrogens (tertiary/aromatic N) is 2. The van der Waals surface area contributed by atoms with E-state index < -0.39 is 22.3 Å². The molecular formula is C9H10N2O6. The molecule has 0 radical (unpaired) electrons. The Morgan fingerprint density at radius 2 is 2.00 bits per heavy atom. The Bertz CT molecular complexity index is 394. The quantitative estimate of drug-likeness (QED) is 0.567. The van der Waals surface area contributed by atoms with E-state index in [1.807, 2.05) is 0 Å². The summed E-state index contributed by atoms with van der Waals surface area (Å²) < 4.78 is 0. The van der Waals surface area contributed by atoms with Gasteiger partial charge in [-0.3, -0.25) is 15.2 Å². The van der Waals surface area contributed by atoms with Crippen molar-refractivity contribution in [1.82, 2.24) is 5.23 Å². The van der Waals surface area contributed by atoms with Crippen LogP contribution < -0.4 is 0 Å². The van der Waals surface area contributed by atoms with E-state index in [1.165, 1.54) is 0 Å². The zero-order valence-electron chi connectivity index (χ0n) is 8.59. The molecule has 0 aliphatic carbocycles. The van der Waals surface area contributed by atoms with Gasteiger partial charge < -0.3 is 0 Å². The number of benzene rings is 1. The summed E-state index contributed by atoms with van der Waals surface area (Å²) in [5.74, 6) is -1.36. The van der Waals surface area contributed by atoms with Gasteiger partial charge in [0.1, 0.15) is 0 Å². The first-order valence-electron chi connectivity index (χ1n) is 4.58. The molecule has 1 aromatic carbocycles. The van der Waals surface area contributed by atoms with E-state index in [1.54, 1.807) is 30.3 Å². The van der Waals surface area contributed by atoms with Crippen molar-refractivity contribution in [2.45, 2.75) is 12.5 Å². The SMILES string of the molecule is O=C(O[N+](=O)[O-])[C@H](Cc1ccccc1)N(O)O. The maximum atomic E-state index is 11.2. The number of carbonyl (C=O) groups is 1. The van der Waals surface area contributed by atoms with Gasteiger partial charge in [0, 0.05) is 6.42 Å². The smallest absolute Gasteiger partial charge is 0.289 e. The van der Waals surface area contributed by atoms with Crippen molar-refractivity contribution < 1.29 is 25.1 Å². The predicted molar refractivity (Wildman–Crippen MR) is 52.4 cm³/mol. The predicted octanol–water partition coefficient (Wildman–Crippen LogP) is 0.413. The molecule has 1 aromatic rings. The summed E-state index contributed by atoms with van der Waals surface area (Å²) in [5, 5.41) is 25.9. The third kappa shape index (κ3) is 4.15. The second-order valence-corrected chi connectivity index (χ2v) is 3.16. The monoisotopic (exact) mass is 242 g/mol. The van der Waals surface area contributed by atoms with Crippen molar-refractivity contribution in [2.75, 3.05) is 0 Å². The Morgan fingerprint density at radius 3 is 2.47 bits per heavy atom. The molecule has 0 unspecified atom stereocenters. The molecule has 8 heteroatoms. The van der Waals surface area contributed by atoms with Crippen molar-refractivity contribution in [3.8, 4) is 0 Å². The second kappa shape index (κ2) is 5.89. The molecule has 8 nitrogen and oxygen atoms in total. The minimum atomic E-state index is -1.55. The van der Waals surface area contributed by atoms with Crippen LogP contribution in [0.5, 0.6) is 0 Å². The van der Waals surface area contributed by atoms with E-state index in [2.05, 4.69) is 4.84 Å². The zero-order valence-corrected chi connectivity index (χ0v) is 8.59. The van der Waals surface area contributed by atoms with Crippen LogP contribution in [-0.2, 0) is 16.1 Å². The average molecular weight is 242 g/mol. The third-order valence-corrected chi connectivity index (χ3v) is 1.99. The molecule has 92 valence electrons. The lowest BCUT2D eigenvalue weighted by Gasteiger charge is -2.17. The van der Waals surface area contributed by atoms with Crippen molar-refractivity contribution in [1.29, 1.82) is 0 Å². The summed E-state index contributed by atoms with van der Waals surface area (Å²) in [6, 6.07) is 6.83. The molecule has 0 bridgehead atoms. The van der Waals surface area contributed by atoms with E-state index in [9.17, 15) is 14.9 Å². The molecule has 17 heavy (non-hydrogen) atoms. The van der Waals surface area contributed by atoms with Gasteiger partial charge in [0.15, 0.2) is 6.04 Å². The van der Waals surface area contributed by atoms with E-state index in [-0.39, 0.29) is 6.42 Å². The standard InChI is InChI=1S/C9H10N2O6/c12-9(17-11(15)16)8(10(13)14)6-7-4-2-1-3-5-7/h1-5,8,13-14H,6H2/t8-/m0/s1. The molecule has 0 spiro atoms. The highest BCUT2D eigenvalue weighted by molar-refractivity contribution is 5.75. The summed E-state index contributed by atoms with van der Waals surface area (Å²) in [4.78, 5) is 24.8. The summed E-state index contributed by atoms with van der Waals surface area (Å²) >= 11 is 0. The van der Waals surface area contributed by atoms with Gasteiger partial charge in [0.25, 0.3) is 0 Å². The number of rotatable bonds is 5. The Morgan fingerprint density at radius 1 is 1.41 bits per heavy atom. The normalized spacial score (nSPS) is 12.2. The minimum absolute atomic E-state index is 0.124. The average Bonchev–Trinajstić information content (AvgIpc) is 2.25. The summed E-state index contributed by atoms with van der Waals surface area (Å²) in [6.07, 6.45) is -0.124. The fourth-order valence-corrected chi connectivity index (χ4v) is 1.23. The van der Waals surface area contributed by atoms with Gasteiger partial charge in [-0.05, 0) is 5.56 Å². The zero-order chi connectivity index (χ0) is 12.8.